The van der Waals surface area contributed by atoms with Crippen LogP contribution in [0.2, 0.25) is 0 Å². The van der Waals surface area contributed by atoms with Crippen LogP contribution in [0.25, 0.3) is 0 Å². The molecule has 0 amide bonds. The van der Waals surface area contributed by atoms with Gasteiger partial charge in [0.05, 0.1) is 24.2 Å². The highest BCUT2D eigenvalue weighted by atomic mass is 16.5. The van der Waals surface area contributed by atoms with Crippen molar-refractivity contribution in [2.45, 2.75) is 18.4 Å². The van der Waals surface area contributed by atoms with E-state index in [9.17, 15) is 4.79 Å². The summed E-state index contributed by atoms with van der Waals surface area (Å²) in [7, 11) is 0. The van der Waals surface area contributed by atoms with Crippen molar-refractivity contribution in [3.05, 3.63) is 27.7 Å². The third kappa shape index (κ3) is 2.08. The second kappa shape index (κ2) is 3.89. The van der Waals surface area contributed by atoms with Crippen LogP contribution in [-0.4, -0.2) is 24.8 Å². The van der Waals surface area contributed by atoms with Crippen molar-refractivity contribution in [1.82, 2.24) is 0 Å². The van der Waals surface area contributed by atoms with Crippen molar-refractivity contribution in [2.75, 3.05) is 13.2 Å². The molecule has 74 valence electrons. The zero-order chi connectivity index (χ0) is 10.8. The van der Waals surface area contributed by atoms with E-state index < -0.39 is 17.0 Å². The van der Waals surface area contributed by atoms with E-state index in [0.29, 0.717) is 0 Å². The minimum absolute atomic E-state index is 0.00147. The summed E-state index contributed by atoms with van der Waals surface area (Å²) in [5.74, 6) is -0.554. The average Bonchev–Trinajstić information content (AvgIpc) is 2.02. The fraction of sp³-hybridized carbons (Fsp3) is 0.545. The van der Waals surface area contributed by atoms with E-state index in [-0.39, 0.29) is 26.1 Å². The van der Waals surface area contributed by atoms with Gasteiger partial charge in [-0.15, -0.1) is 0 Å². The molecule has 8 radical (unpaired) electrons. The molecule has 3 nitrogen and oxygen atoms in total. The predicted molar refractivity (Wildman–Crippen MR) is 48.5 cm³/mol. The van der Waals surface area contributed by atoms with Crippen molar-refractivity contribution >= 4 is 5.97 Å². The molecule has 0 N–H and O–H groups in total. The summed E-state index contributed by atoms with van der Waals surface area (Å²) >= 11 is 0. The summed E-state index contributed by atoms with van der Waals surface area (Å²) in [6.07, 6.45) is 0.381. The first-order chi connectivity index (χ1) is 6.46. The molecule has 0 bridgehead atoms. The normalized spacial score (nSPS) is 36.3. The first-order valence-electron chi connectivity index (χ1n) is 4.25. The third-order valence-electron chi connectivity index (χ3n) is 2.22. The van der Waals surface area contributed by atoms with E-state index in [2.05, 4.69) is 4.74 Å². The summed E-state index contributed by atoms with van der Waals surface area (Å²) in [6, 6.07) is 0. The molecular weight excluding hydrogens is 180 g/mol. The van der Waals surface area contributed by atoms with E-state index in [0.717, 1.165) is 0 Å². The number of rotatable bonds is 4. The molecule has 1 saturated carbocycles. The van der Waals surface area contributed by atoms with Crippen LogP contribution >= 0.6 is 0 Å². The summed E-state index contributed by atoms with van der Waals surface area (Å²) in [5.41, 5.74) is -1.99. The molecule has 1 fully saturated rings. The first-order valence-corrected chi connectivity index (χ1v) is 4.25. The Labute approximate surface area is 85.8 Å². The third-order valence-corrected chi connectivity index (χ3v) is 2.22. The summed E-state index contributed by atoms with van der Waals surface area (Å²) in [5, 5.41) is 0. The number of ether oxygens (including phenoxy) is 2. The van der Waals surface area contributed by atoms with Gasteiger partial charge in [0.1, 0.15) is 0 Å². The second-order valence-electron chi connectivity index (χ2n) is 3.48. The molecule has 0 spiro atoms. The molecule has 1 rings (SSSR count). The van der Waals surface area contributed by atoms with Gasteiger partial charge in [-0.1, -0.05) is 0 Å². The van der Waals surface area contributed by atoms with Gasteiger partial charge >= 0.3 is 5.97 Å². The highest BCUT2D eigenvalue weighted by Gasteiger charge is 2.55. The lowest BCUT2D eigenvalue weighted by Gasteiger charge is -2.49. The Hall–Kier alpha value is -0.570. The summed E-state index contributed by atoms with van der Waals surface area (Å²) in [6.45, 7) is 21.4. The van der Waals surface area contributed by atoms with Gasteiger partial charge < -0.3 is 9.47 Å². The van der Waals surface area contributed by atoms with Crippen molar-refractivity contribution in [3.63, 3.8) is 0 Å². The lowest BCUT2D eigenvalue weighted by molar-refractivity contribution is -0.177. The minimum atomic E-state index is -1.08. The number of hydrogen-bond donors (Lipinski definition) is 0. The van der Waals surface area contributed by atoms with Crippen LogP contribution in [0.4, 0.5) is 0 Å². The lowest BCUT2D eigenvalue weighted by Crippen LogP contribution is -2.54. The SMILES string of the molecule is [CH]COC(=O)C1([CH])CC([CH])(OC[CH])C1. The first kappa shape index (κ1) is 11.5. The van der Waals surface area contributed by atoms with Crippen molar-refractivity contribution in [1.29, 1.82) is 0 Å². The van der Waals surface area contributed by atoms with Crippen LogP contribution in [-0.2, 0) is 14.3 Å². The fourth-order valence-electron chi connectivity index (χ4n) is 1.65. The van der Waals surface area contributed by atoms with Crippen molar-refractivity contribution in [3.8, 4) is 0 Å². The van der Waals surface area contributed by atoms with Gasteiger partial charge in [0.15, 0.2) is 0 Å². The zero-order valence-electron chi connectivity index (χ0n) is 7.86. The van der Waals surface area contributed by atoms with Crippen molar-refractivity contribution in [2.24, 2.45) is 5.41 Å². The molecule has 0 aromatic carbocycles. The molecule has 0 aromatic heterocycles. The van der Waals surface area contributed by atoms with Gasteiger partial charge in [-0.25, -0.2) is 0 Å². The molecule has 1 aliphatic carbocycles. The quantitative estimate of drug-likeness (QED) is 0.621. The van der Waals surface area contributed by atoms with E-state index in [1.165, 1.54) is 0 Å². The van der Waals surface area contributed by atoms with E-state index >= 15 is 0 Å². The molecule has 0 heterocycles. The Bertz CT molecular complexity index is 217. The van der Waals surface area contributed by atoms with Crippen LogP contribution in [0.5, 0.6) is 0 Å². The number of carbonyl (C=O) groups is 1. The largest absolute Gasteiger partial charge is 0.465 e. The molecule has 1 aliphatic rings. The van der Waals surface area contributed by atoms with Crippen LogP contribution in [0, 0.1) is 33.1 Å². The van der Waals surface area contributed by atoms with Gasteiger partial charge in [0, 0.05) is 6.92 Å². The van der Waals surface area contributed by atoms with Gasteiger partial charge in [-0.2, -0.15) is 0 Å². The van der Waals surface area contributed by atoms with Crippen LogP contribution in [0.15, 0.2) is 0 Å². The van der Waals surface area contributed by atoms with Gasteiger partial charge in [-0.3, -0.25) is 4.79 Å². The minimum Gasteiger partial charge on any atom is -0.465 e. The maximum atomic E-state index is 11.3. The Morgan fingerprint density at radius 1 is 1.21 bits per heavy atom. The van der Waals surface area contributed by atoms with Crippen LogP contribution in [0.3, 0.4) is 0 Å². The maximum absolute atomic E-state index is 11.3. The highest BCUT2D eigenvalue weighted by molar-refractivity contribution is 5.79. The maximum Gasteiger partial charge on any atom is 0.312 e. The Balaban J connectivity index is 2.47. The van der Waals surface area contributed by atoms with Crippen molar-refractivity contribution < 1.29 is 14.3 Å². The van der Waals surface area contributed by atoms with E-state index in [1.807, 2.05) is 0 Å². The molecule has 0 aromatic rings. The van der Waals surface area contributed by atoms with Gasteiger partial charge in [-0.05, 0) is 33.6 Å². The monoisotopic (exact) mass is 192 g/mol. The molecule has 14 heavy (non-hydrogen) atoms. The Kier molecular flexibility index (Phi) is 3.20. The highest BCUT2D eigenvalue weighted by Crippen LogP contribution is 2.50. The number of esters is 1. The molecule has 3 heteroatoms. The fourth-order valence-corrected chi connectivity index (χ4v) is 1.65. The van der Waals surface area contributed by atoms with E-state index in [1.54, 1.807) is 0 Å². The Morgan fingerprint density at radius 3 is 2.21 bits per heavy atom. The Morgan fingerprint density at radius 2 is 1.79 bits per heavy atom. The number of hydrogen-bond acceptors (Lipinski definition) is 3. The van der Waals surface area contributed by atoms with Crippen LogP contribution in [0.1, 0.15) is 12.8 Å². The van der Waals surface area contributed by atoms with Crippen LogP contribution < -0.4 is 0 Å². The summed E-state index contributed by atoms with van der Waals surface area (Å²) < 4.78 is 9.62. The second-order valence-corrected chi connectivity index (χ2v) is 3.48. The molecular formula is C11H12O3. The lowest BCUT2D eigenvalue weighted by atomic mass is 9.61. The standard InChI is InChI=1S/C11H12O3/c1-5-13-9(12)10(3)7-11(4,8-10)14-6-2/h1-4H,5-8H2. The molecule has 0 aliphatic heterocycles. The summed E-state index contributed by atoms with van der Waals surface area (Å²) in [4.78, 5) is 11.3. The van der Waals surface area contributed by atoms with Gasteiger partial charge in [0.2, 0.25) is 0 Å². The predicted octanol–water partition coefficient (Wildman–Crippen LogP) is 0.910. The number of carbonyl (C=O) groups excluding carboxylic acids is 1. The van der Waals surface area contributed by atoms with Gasteiger partial charge in [0.25, 0.3) is 0 Å². The average molecular weight is 192 g/mol. The smallest absolute Gasteiger partial charge is 0.312 e. The molecule has 0 unspecified atom stereocenters. The zero-order valence-corrected chi connectivity index (χ0v) is 7.86. The molecule has 0 saturated heterocycles. The molecule has 0 atom stereocenters. The topological polar surface area (TPSA) is 35.5 Å². The van der Waals surface area contributed by atoms with E-state index in [4.69, 9.17) is 32.4 Å².